The zero-order chi connectivity index (χ0) is 20.1. The van der Waals surface area contributed by atoms with E-state index in [1.54, 1.807) is 0 Å². The van der Waals surface area contributed by atoms with Crippen LogP contribution in [0.5, 0.6) is 0 Å². The predicted molar refractivity (Wildman–Crippen MR) is 112 cm³/mol. The molecule has 1 atom stereocenters. The van der Waals surface area contributed by atoms with Gasteiger partial charge in [0.2, 0.25) is 0 Å². The third-order valence-electron chi connectivity index (χ3n) is 4.58. The Morgan fingerprint density at radius 3 is 2.43 bits per heavy atom. The monoisotopic (exact) mass is 396 g/mol. The van der Waals surface area contributed by atoms with E-state index >= 15 is 0 Å². The van der Waals surface area contributed by atoms with Crippen molar-refractivity contribution in [2.45, 2.75) is 90.1 Å². The first-order valence-corrected chi connectivity index (χ1v) is 11.1. The van der Waals surface area contributed by atoms with Crippen molar-refractivity contribution in [3.63, 3.8) is 0 Å². The van der Waals surface area contributed by atoms with Crippen molar-refractivity contribution >= 4 is 5.97 Å². The summed E-state index contributed by atoms with van der Waals surface area (Å²) in [6, 6.07) is 0. The van der Waals surface area contributed by atoms with Gasteiger partial charge in [-0.25, -0.2) is 9.78 Å². The molecule has 1 saturated heterocycles. The normalized spacial score (nSPS) is 18.0. The first-order chi connectivity index (χ1) is 13.8. The standard InChI is InChI=1S/C23H40O5/c1-2-3-4-5-6-7-8-9-10-11-12-13-14-15-16-17-23(24)26-21-22-20-25-18-19-27-28-22/h6-7,9-10,22H,2-5,8,11-21H2,1H3/b7-6-,10-9-. The fraction of sp³-hybridized carbons (Fsp3) is 0.783. The van der Waals surface area contributed by atoms with E-state index in [2.05, 4.69) is 31.2 Å². The largest absolute Gasteiger partial charge is 0.463 e. The lowest BCUT2D eigenvalue weighted by Crippen LogP contribution is -2.25. The smallest absolute Gasteiger partial charge is 0.305 e. The topological polar surface area (TPSA) is 54.0 Å². The van der Waals surface area contributed by atoms with Gasteiger partial charge in [-0.05, 0) is 38.5 Å². The van der Waals surface area contributed by atoms with E-state index in [-0.39, 0.29) is 18.7 Å². The summed E-state index contributed by atoms with van der Waals surface area (Å²) in [5.74, 6) is -0.168. The van der Waals surface area contributed by atoms with Crippen LogP contribution in [0.25, 0.3) is 0 Å². The summed E-state index contributed by atoms with van der Waals surface area (Å²) in [6.07, 6.45) is 22.2. The van der Waals surface area contributed by atoms with Gasteiger partial charge in [0.25, 0.3) is 0 Å². The molecule has 1 aliphatic rings. The first-order valence-electron chi connectivity index (χ1n) is 11.1. The third-order valence-corrected chi connectivity index (χ3v) is 4.58. The molecule has 0 saturated carbocycles. The summed E-state index contributed by atoms with van der Waals surface area (Å²) in [5, 5.41) is 0. The van der Waals surface area contributed by atoms with Gasteiger partial charge in [0.15, 0.2) is 6.10 Å². The number of carbonyl (C=O) groups excluding carboxylic acids is 1. The first kappa shape index (κ1) is 24.9. The number of rotatable bonds is 16. The van der Waals surface area contributed by atoms with Gasteiger partial charge in [0, 0.05) is 6.42 Å². The van der Waals surface area contributed by atoms with Crippen molar-refractivity contribution in [2.75, 3.05) is 26.4 Å². The highest BCUT2D eigenvalue weighted by Crippen LogP contribution is 2.09. The molecule has 1 aliphatic heterocycles. The molecule has 162 valence electrons. The lowest BCUT2D eigenvalue weighted by Gasteiger charge is -2.12. The van der Waals surface area contributed by atoms with Crippen LogP contribution in [0.1, 0.15) is 84.0 Å². The molecule has 1 fully saturated rings. The van der Waals surface area contributed by atoms with E-state index in [1.807, 2.05) is 0 Å². The molecule has 28 heavy (non-hydrogen) atoms. The average molecular weight is 397 g/mol. The minimum absolute atomic E-state index is 0.168. The molecule has 0 spiro atoms. The van der Waals surface area contributed by atoms with Gasteiger partial charge in [0.1, 0.15) is 13.2 Å². The lowest BCUT2D eigenvalue weighted by molar-refractivity contribution is -0.319. The Kier molecular flexibility index (Phi) is 17.0. The molecule has 1 heterocycles. The van der Waals surface area contributed by atoms with Crippen molar-refractivity contribution in [1.29, 1.82) is 0 Å². The summed E-state index contributed by atoms with van der Waals surface area (Å²) in [6.45, 7) is 3.76. The van der Waals surface area contributed by atoms with Crippen LogP contribution in [0.3, 0.4) is 0 Å². The van der Waals surface area contributed by atoms with Gasteiger partial charge in [-0.15, -0.1) is 0 Å². The maximum atomic E-state index is 11.7. The van der Waals surface area contributed by atoms with Crippen LogP contribution in [-0.2, 0) is 24.0 Å². The van der Waals surface area contributed by atoms with E-state index in [4.69, 9.17) is 19.2 Å². The number of unbranched alkanes of at least 4 members (excludes halogenated alkanes) is 8. The molecule has 1 unspecified atom stereocenters. The maximum absolute atomic E-state index is 11.7. The van der Waals surface area contributed by atoms with E-state index in [0.717, 1.165) is 25.7 Å². The summed E-state index contributed by atoms with van der Waals surface area (Å²) < 4.78 is 10.5. The summed E-state index contributed by atoms with van der Waals surface area (Å²) in [7, 11) is 0. The number of carbonyl (C=O) groups is 1. The minimum Gasteiger partial charge on any atom is -0.463 e. The zero-order valence-corrected chi connectivity index (χ0v) is 17.7. The van der Waals surface area contributed by atoms with E-state index in [1.165, 1.54) is 44.9 Å². The predicted octanol–water partition coefficient (Wildman–Crippen LogP) is 5.69. The van der Waals surface area contributed by atoms with Gasteiger partial charge in [-0.2, -0.15) is 0 Å². The molecule has 5 heteroatoms. The Hall–Kier alpha value is -1.17. The van der Waals surface area contributed by atoms with E-state index < -0.39 is 0 Å². The quantitative estimate of drug-likeness (QED) is 0.145. The summed E-state index contributed by atoms with van der Waals surface area (Å²) in [5.41, 5.74) is 0. The Bertz CT molecular complexity index is 411. The fourth-order valence-electron chi connectivity index (χ4n) is 2.89. The number of esters is 1. The van der Waals surface area contributed by atoms with Crippen LogP contribution < -0.4 is 0 Å². The summed E-state index contributed by atoms with van der Waals surface area (Å²) >= 11 is 0. The van der Waals surface area contributed by atoms with Gasteiger partial charge in [-0.3, -0.25) is 4.79 Å². The molecular weight excluding hydrogens is 356 g/mol. The summed E-state index contributed by atoms with van der Waals surface area (Å²) in [4.78, 5) is 21.7. The van der Waals surface area contributed by atoms with Crippen molar-refractivity contribution in [3.05, 3.63) is 24.3 Å². The van der Waals surface area contributed by atoms with Crippen LogP contribution in [0.2, 0.25) is 0 Å². The molecule has 0 N–H and O–H groups in total. The van der Waals surface area contributed by atoms with Gasteiger partial charge < -0.3 is 9.47 Å². The molecule has 0 radical (unpaired) electrons. The number of hydrogen-bond donors (Lipinski definition) is 0. The second-order valence-corrected chi connectivity index (χ2v) is 7.28. The lowest BCUT2D eigenvalue weighted by atomic mass is 10.1. The van der Waals surface area contributed by atoms with Gasteiger partial charge >= 0.3 is 5.97 Å². The average Bonchev–Trinajstić information content (AvgIpc) is 2.98. The fourth-order valence-corrected chi connectivity index (χ4v) is 2.89. The Morgan fingerprint density at radius 2 is 1.64 bits per heavy atom. The van der Waals surface area contributed by atoms with Crippen LogP contribution >= 0.6 is 0 Å². The van der Waals surface area contributed by atoms with Crippen LogP contribution in [0, 0.1) is 0 Å². The Labute approximate surface area is 171 Å². The molecule has 0 aromatic carbocycles. The second-order valence-electron chi connectivity index (χ2n) is 7.28. The van der Waals surface area contributed by atoms with Crippen molar-refractivity contribution < 1.29 is 24.0 Å². The number of hydrogen-bond acceptors (Lipinski definition) is 5. The van der Waals surface area contributed by atoms with Crippen molar-refractivity contribution in [1.82, 2.24) is 0 Å². The van der Waals surface area contributed by atoms with Crippen molar-refractivity contribution in [3.8, 4) is 0 Å². The Balaban J connectivity index is 1.84. The Morgan fingerprint density at radius 1 is 0.929 bits per heavy atom. The van der Waals surface area contributed by atoms with Crippen LogP contribution in [0.15, 0.2) is 24.3 Å². The molecule has 5 nitrogen and oxygen atoms in total. The van der Waals surface area contributed by atoms with Crippen molar-refractivity contribution in [2.24, 2.45) is 0 Å². The molecule has 1 rings (SSSR count). The zero-order valence-electron chi connectivity index (χ0n) is 17.7. The second kappa shape index (κ2) is 19.2. The molecule has 0 bridgehead atoms. The van der Waals surface area contributed by atoms with E-state index in [0.29, 0.717) is 26.2 Å². The molecule has 0 amide bonds. The van der Waals surface area contributed by atoms with Gasteiger partial charge in [0.05, 0.1) is 13.2 Å². The highest BCUT2D eigenvalue weighted by molar-refractivity contribution is 5.69. The van der Waals surface area contributed by atoms with Crippen LogP contribution in [-0.4, -0.2) is 38.5 Å². The van der Waals surface area contributed by atoms with E-state index in [9.17, 15) is 4.79 Å². The highest BCUT2D eigenvalue weighted by Gasteiger charge is 2.16. The van der Waals surface area contributed by atoms with Crippen LogP contribution in [0.4, 0.5) is 0 Å². The third kappa shape index (κ3) is 15.8. The molecule has 0 aliphatic carbocycles. The van der Waals surface area contributed by atoms with Gasteiger partial charge in [-0.1, -0.05) is 63.3 Å². The number of allylic oxidation sites excluding steroid dienone is 4. The highest BCUT2D eigenvalue weighted by atomic mass is 17.2. The molecular formula is C23H40O5. The SMILES string of the molecule is CCCCC/C=C\C/C=C\CCCCCCCC(=O)OCC1COCCOO1. The number of ether oxygens (including phenoxy) is 2. The molecule has 0 aromatic rings. The maximum Gasteiger partial charge on any atom is 0.305 e. The molecule has 0 aromatic heterocycles. The minimum atomic E-state index is -0.323.